The van der Waals surface area contributed by atoms with E-state index < -0.39 is 10.0 Å². The van der Waals surface area contributed by atoms with E-state index in [0.29, 0.717) is 5.39 Å². The Hall–Kier alpha value is -2.12. The van der Waals surface area contributed by atoms with Crippen LogP contribution < -0.4 is 14.9 Å². The lowest BCUT2D eigenvalue weighted by molar-refractivity contribution is -0.127. The van der Waals surface area contributed by atoms with E-state index in [2.05, 4.69) is 10.0 Å². The first-order valence-electron chi connectivity index (χ1n) is 9.41. The lowest BCUT2D eigenvalue weighted by atomic mass is 9.81. The van der Waals surface area contributed by atoms with E-state index in [1.54, 1.807) is 12.1 Å². The van der Waals surface area contributed by atoms with Crippen molar-refractivity contribution in [1.29, 1.82) is 0 Å². The van der Waals surface area contributed by atoms with Crippen LogP contribution in [0.15, 0.2) is 41.3 Å². The van der Waals surface area contributed by atoms with Crippen LogP contribution in [0.5, 0.6) is 0 Å². The van der Waals surface area contributed by atoms with Crippen LogP contribution in [-0.4, -0.2) is 41.5 Å². The average Bonchev–Trinajstić information content (AvgIpc) is 2.62. The molecule has 2 aromatic carbocycles. The van der Waals surface area contributed by atoms with Gasteiger partial charge in [0, 0.05) is 49.6 Å². The minimum absolute atomic E-state index is 0.0764. The summed E-state index contributed by atoms with van der Waals surface area (Å²) in [5.74, 6) is -0.237. The number of anilines is 1. The molecule has 7 heteroatoms. The zero-order valence-electron chi connectivity index (χ0n) is 17.5. The number of amides is 1. The van der Waals surface area contributed by atoms with E-state index >= 15 is 0 Å². The monoisotopic (exact) mass is 405 g/mol. The summed E-state index contributed by atoms with van der Waals surface area (Å²) in [6.45, 7) is 8.26. The first kappa shape index (κ1) is 22.2. The van der Waals surface area contributed by atoms with Gasteiger partial charge < -0.3 is 10.2 Å². The molecule has 1 unspecified atom stereocenters. The first-order chi connectivity index (χ1) is 12.9. The van der Waals surface area contributed by atoms with Crippen molar-refractivity contribution in [3.8, 4) is 0 Å². The van der Waals surface area contributed by atoms with E-state index in [0.717, 1.165) is 11.1 Å². The van der Waals surface area contributed by atoms with Gasteiger partial charge in [0.1, 0.15) is 0 Å². The van der Waals surface area contributed by atoms with Gasteiger partial charge in [0.05, 0.1) is 4.90 Å². The molecule has 1 amide bonds. The van der Waals surface area contributed by atoms with Crippen molar-refractivity contribution in [2.75, 3.05) is 32.1 Å². The summed E-state index contributed by atoms with van der Waals surface area (Å²) in [5, 5.41) is 4.35. The Labute approximate surface area is 168 Å². The zero-order chi connectivity index (χ0) is 21.1. The van der Waals surface area contributed by atoms with Crippen LogP contribution in [0, 0.1) is 11.3 Å². The number of nitrogens with zero attached hydrogens (tertiary/aromatic N) is 1. The van der Waals surface area contributed by atoms with Gasteiger partial charge in [-0.3, -0.25) is 4.79 Å². The molecule has 2 rings (SSSR count). The van der Waals surface area contributed by atoms with Crippen LogP contribution in [0.25, 0.3) is 10.8 Å². The van der Waals surface area contributed by atoms with Gasteiger partial charge >= 0.3 is 0 Å². The molecule has 2 N–H and O–H groups in total. The highest BCUT2D eigenvalue weighted by Gasteiger charge is 2.26. The summed E-state index contributed by atoms with van der Waals surface area (Å²) < 4.78 is 28.2. The van der Waals surface area contributed by atoms with E-state index in [1.807, 2.05) is 71.0 Å². The van der Waals surface area contributed by atoms with Crippen LogP contribution in [0.1, 0.15) is 27.7 Å². The molecule has 28 heavy (non-hydrogen) atoms. The number of nitrogens with one attached hydrogen (secondary N) is 2. The normalized spacial score (nSPS) is 13.4. The Morgan fingerprint density at radius 1 is 1.04 bits per heavy atom. The molecule has 2 aromatic rings. The Balaban J connectivity index is 2.12. The minimum Gasteiger partial charge on any atom is -0.377 e. The summed E-state index contributed by atoms with van der Waals surface area (Å²) in [7, 11) is 0.156. The van der Waals surface area contributed by atoms with Crippen molar-refractivity contribution in [2.24, 2.45) is 11.3 Å². The number of sulfonamides is 1. The van der Waals surface area contributed by atoms with E-state index in [4.69, 9.17) is 0 Å². The molecule has 0 aliphatic carbocycles. The molecule has 0 heterocycles. The molecule has 154 valence electrons. The second-order valence-electron chi connectivity index (χ2n) is 8.30. The van der Waals surface area contributed by atoms with Crippen molar-refractivity contribution in [3.63, 3.8) is 0 Å². The Morgan fingerprint density at radius 2 is 1.64 bits per heavy atom. The number of fused-ring (bicyclic) bond motifs is 1. The standard InChI is InChI=1S/C21H31N3O3S/c1-15(21(2,3)4)20(25)22-13-14-23-28(26,27)19-12-8-9-16-17(19)10-7-11-18(16)24(5)6/h7-12,15,23H,13-14H2,1-6H3,(H,22,25). The molecule has 0 aromatic heterocycles. The fourth-order valence-electron chi connectivity index (χ4n) is 2.88. The number of benzene rings is 2. The van der Waals surface area contributed by atoms with Crippen LogP contribution in [-0.2, 0) is 14.8 Å². The fraction of sp³-hybridized carbons (Fsp3) is 0.476. The van der Waals surface area contributed by atoms with Crippen LogP contribution in [0.2, 0.25) is 0 Å². The molecular weight excluding hydrogens is 374 g/mol. The lowest BCUT2D eigenvalue weighted by Gasteiger charge is -2.26. The highest BCUT2D eigenvalue weighted by molar-refractivity contribution is 7.89. The van der Waals surface area contributed by atoms with Crippen molar-refractivity contribution in [3.05, 3.63) is 36.4 Å². The molecule has 6 nitrogen and oxygen atoms in total. The Morgan fingerprint density at radius 3 is 2.25 bits per heavy atom. The van der Waals surface area contributed by atoms with Gasteiger partial charge in [-0.2, -0.15) is 0 Å². The summed E-state index contributed by atoms with van der Waals surface area (Å²) in [4.78, 5) is 14.4. The fourth-order valence-corrected chi connectivity index (χ4v) is 4.14. The number of carbonyl (C=O) groups is 1. The maximum absolute atomic E-state index is 12.8. The van der Waals surface area contributed by atoms with Gasteiger partial charge in [-0.1, -0.05) is 52.0 Å². The Bertz CT molecular complexity index is 947. The maximum atomic E-state index is 12.8. The van der Waals surface area contributed by atoms with E-state index in [9.17, 15) is 13.2 Å². The van der Waals surface area contributed by atoms with Crippen LogP contribution in [0.4, 0.5) is 5.69 Å². The SMILES string of the molecule is CC(C(=O)NCCNS(=O)(=O)c1cccc2c(N(C)C)cccc12)C(C)(C)C. The van der Waals surface area contributed by atoms with Crippen LogP contribution >= 0.6 is 0 Å². The largest absolute Gasteiger partial charge is 0.377 e. The summed E-state index contributed by atoms with van der Waals surface area (Å²) in [6, 6.07) is 10.9. The third kappa shape index (κ3) is 5.02. The van der Waals surface area contributed by atoms with Gasteiger partial charge in [0.25, 0.3) is 0 Å². The lowest BCUT2D eigenvalue weighted by Crippen LogP contribution is -2.40. The Kier molecular flexibility index (Phi) is 6.72. The minimum atomic E-state index is -3.70. The molecule has 1 atom stereocenters. The zero-order valence-corrected chi connectivity index (χ0v) is 18.4. The van der Waals surface area contributed by atoms with Crippen molar-refractivity contribution < 1.29 is 13.2 Å². The molecule has 0 aliphatic rings. The highest BCUT2D eigenvalue weighted by atomic mass is 32.2. The van der Waals surface area contributed by atoms with Gasteiger partial charge in [0.2, 0.25) is 15.9 Å². The van der Waals surface area contributed by atoms with Crippen LogP contribution in [0.3, 0.4) is 0 Å². The summed E-state index contributed by atoms with van der Waals surface area (Å²) in [5.41, 5.74) is 0.814. The topological polar surface area (TPSA) is 78.5 Å². The van der Waals surface area contributed by atoms with E-state index in [1.165, 1.54) is 0 Å². The highest BCUT2D eigenvalue weighted by Crippen LogP contribution is 2.30. The number of rotatable bonds is 7. The van der Waals surface area contributed by atoms with Gasteiger partial charge in [-0.05, 0) is 17.5 Å². The smallest absolute Gasteiger partial charge is 0.241 e. The molecular formula is C21H31N3O3S. The number of hydrogen-bond acceptors (Lipinski definition) is 4. The first-order valence-corrected chi connectivity index (χ1v) is 10.9. The predicted molar refractivity (Wildman–Crippen MR) is 115 cm³/mol. The molecule has 0 saturated carbocycles. The maximum Gasteiger partial charge on any atom is 0.241 e. The average molecular weight is 406 g/mol. The van der Waals surface area contributed by atoms with E-state index in [-0.39, 0.29) is 35.2 Å². The second-order valence-corrected chi connectivity index (χ2v) is 10.0. The molecule has 0 saturated heterocycles. The number of carbonyl (C=O) groups excluding carboxylic acids is 1. The quantitative estimate of drug-likeness (QED) is 0.694. The third-order valence-corrected chi connectivity index (χ3v) is 6.56. The van der Waals surface area contributed by atoms with Crippen molar-refractivity contribution in [2.45, 2.75) is 32.6 Å². The molecule has 0 fully saturated rings. The molecule has 0 aliphatic heterocycles. The molecule has 0 bridgehead atoms. The summed E-state index contributed by atoms with van der Waals surface area (Å²) >= 11 is 0. The van der Waals surface area contributed by atoms with Gasteiger partial charge in [0.15, 0.2) is 0 Å². The number of hydrogen-bond donors (Lipinski definition) is 2. The van der Waals surface area contributed by atoms with Crippen molar-refractivity contribution in [1.82, 2.24) is 10.0 Å². The van der Waals surface area contributed by atoms with Gasteiger partial charge in [-0.25, -0.2) is 13.1 Å². The molecule has 0 spiro atoms. The predicted octanol–water partition coefficient (Wildman–Crippen LogP) is 2.98. The second kappa shape index (κ2) is 8.49. The third-order valence-electron chi connectivity index (χ3n) is 5.04. The summed E-state index contributed by atoms with van der Waals surface area (Å²) in [6.07, 6.45) is 0. The van der Waals surface area contributed by atoms with Crippen molar-refractivity contribution >= 4 is 32.4 Å². The van der Waals surface area contributed by atoms with Gasteiger partial charge in [-0.15, -0.1) is 0 Å². The molecule has 0 radical (unpaired) electrons.